The smallest absolute Gasteiger partial charge is 0.230 e. The number of ether oxygens (including phenoxy) is 1. The number of hydrogen-bond donors (Lipinski definition) is 2. The lowest BCUT2D eigenvalue weighted by Crippen LogP contribution is -2.36. The summed E-state index contributed by atoms with van der Waals surface area (Å²) >= 11 is 1.51. The van der Waals surface area contributed by atoms with Gasteiger partial charge in [0.1, 0.15) is 0 Å². The summed E-state index contributed by atoms with van der Waals surface area (Å²) in [6.45, 7) is 3.31. The van der Waals surface area contributed by atoms with Gasteiger partial charge in [0.05, 0.1) is 29.9 Å². The molecule has 0 unspecified atom stereocenters. The molecular formula is C23H25N5O2S. The molecule has 5 rings (SSSR count). The number of carbonyl (C=O) groups is 1. The maximum Gasteiger partial charge on any atom is 0.230 e. The lowest BCUT2D eigenvalue weighted by molar-refractivity contribution is -0.115. The molecule has 160 valence electrons. The molecule has 2 aromatic carbocycles. The molecule has 0 atom stereocenters. The number of carbonyl (C=O) groups excluding carboxylic acids is 1. The summed E-state index contributed by atoms with van der Waals surface area (Å²) in [4.78, 5) is 25.0. The number of fused-ring (bicyclic) bond motifs is 2. The van der Waals surface area contributed by atoms with Gasteiger partial charge < -0.3 is 24.8 Å². The van der Waals surface area contributed by atoms with Crippen LogP contribution in [0.5, 0.6) is 0 Å². The first-order valence-electron chi connectivity index (χ1n) is 10.4. The summed E-state index contributed by atoms with van der Waals surface area (Å²) in [5.74, 6) is -0.0661. The highest BCUT2D eigenvalue weighted by Crippen LogP contribution is 2.30. The van der Waals surface area contributed by atoms with Crippen molar-refractivity contribution in [3.05, 3.63) is 48.2 Å². The van der Waals surface area contributed by atoms with Gasteiger partial charge in [-0.1, -0.05) is 11.3 Å². The molecule has 2 N–H and O–H groups in total. The zero-order valence-corrected chi connectivity index (χ0v) is 18.5. The third-order valence-electron chi connectivity index (χ3n) is 5.61. The fraction of sp³-hybridized carbons (Fsp3) is 0.304. The molecule has 1 amide bonds. The first-order valence-corrected chi connectivity index (χ1v) is 11.2. The molecule has 1 aliphatic rings. The number of amides is 1. The molecule has 2 aromatic heterocycles. The number of nitrogens with zero attached hydrogens (tertiary/aromatic N) is 3. The van der Waals surface area contributed by atoms with Crippen molar-refractivity contribution < 1.29 is 9.53 Å². The minimum atomic E-state index is -0.0661. The van der Waals surface area contributed by atoms with E-state index in [0.29, 0.717) is 11.6 Å². The molecule has 4 aromatic rings. The standard InChI is InChI=1S/C23H25N5O2S/c1-27(2)16-3-5-19-18(12-16)15(14-24-19)11-22(29)26-23-25-20-6-4-17(13-21(20)31-23)28-7-9-30-10-8-28/h3-6,12-14,24H,7-11H2,1-2H3,(H,25,26,29). The van der Waals surface area contributed by atoms with Crippen LogP contribution in [0, 0.1) is 0 Å². The highest BCUT2D eigenvalue weighted by Gasteiger charge is 2.15. The van der Waals surface area contributed by atoms with E-state index in [1.165, 1.54) is 17.0 Å². The highest BCUT2D eigenvalue weighted by atomic mass is 32.1. The monoisotopic (exact) mass is 435 g/mol. The van der Waals surface area contributed by atoms with E-state index in [1.807, 2.05) is 32.4 Å². The van der Waals surface area contributed by atoms with Crippen LogP contribution in [0.2, 0.25) is 0 Å². The van der Waals surface area contributed by atoms with Gasteiger partial charge in [-0.2, -0.15) is 0 Å². The Balaban J connectivity index is 1.32. The molecule has 3 heterocycles. The predicted molar refractivity (Wildman–Crippen MR) is 128 cm³/mol. The second-order valence-corrected chi connectivity index (χ2v) is 8.96. The van der Waals surface area contributed by atoms with Crippen LogP contribution in [0.4, 0.5) is 16.5 Å². The molecule has 1 fully saturated rings. The van der Waals surface area contributed by atoms with Crippen LogP contribution in [-0.2, 0) is 16.0 Å². The van der Waals surface area contributed by atoms with Crippen LogP contribution in [-0.4, -0.2) is 56.3 Å². The van der Waals surface area contributed by atoms with Crippen molar-refractivity contribution in [3.8, 4) is 0 Å². The largest absolute Gasteiger partial charge is 0.378 e. The van der Waals surface area contributed by atoms with Gasteiger partial charge in [-0.3, -0.25) is 4.79 Å². The summed E-state index contributed by atoms with van der Waals surface area (Å²) in [6.07, 6.45) is 2.21. The van der Waals surface area contributed by atoms with Crippen molar-refractivity contribution in [2.45, 2.75) is 6.42 Å². The molecular weight excluding hydrogens is 410 g/mol. The van der Waals surface area contributed by atoms with E-state index in [4.69, 9.17) is 4.74 Å². The number of aromatic amines is 1. The van der Waals surface area contributed by atoms with E-state index < -0.39 is 0 Å². The molecule has 1 aliphatic heterocycles. The number of nitrogens with one attached hydrogen (secondary N) is 2. The van der Waals surface area contributed by atoms with E-state index >= 15 is 0 Å². The second kappa shape index (κ2) is 8.20. The minimum absolute atomic E-state index is 0.0661. The van der Waals surface area contributed by atoms with Crippen LogP contribution in [0.3, 0.4) is 0 Å². The fourth-order valence-electron chi connectivity index (χ4n) is 3.91. The summed E-state index contributed by atoms with van der Waals surface area (Å²) in [5.41, 5.74) is 5.19. The molecule has 31 heavy (non-hydrogen) atoms. The van der Waals surface area contributed by atoms with Gasteiger partial charge in [0.2, 0.25) is 5.91 Å². The fourth-order valence-corrected chi connectivity index (χ4v) is 4.83. The van der Waals surface area contributed by atoms with Gasteiger partial charge in [-0.05, 0) is 42.0 Å². The molecule has 1 saturated heterocycles. The van der Waals surface area contributed by atoms with Gasteiger partial charge in [0.25, 0.3) is 0 Å². The highest BCUT2D eigenvalue weighted by molar-refractivity contribution is 7.22. The summed E-state index contributed by atoms with van der Waals surface area (Å²) in [5, 5.41) is 4.68. The Morgan fingerprint density at radius 2 is 2.06 bits per heavy atom. The number of anilines is 3. The minimum Gasteiger partial charge on any atom is -0.378 e. The van der Waals surface area contributed by atoms with Gasteiger partial charge in [-0.25, -0.2) is 4.98 Å². The molecule has 0 bridgehead atoms. The van der Waals surface area contributed by atoms with Crippen molar-refractivity contribution >= 4 is 54.9 Å². The molecule has 7 nitrogen and oxygen atoms in total. The Labute approximate surface area is 184 Å². The number of hydrogen-bond acceptors (Lipinski definition) is 6. The quantitative estimate of drug-likeness (QED) is 0.498. The average molecular weight is 436 g/mol. The van der Waals surface area contributed by atoms with Crippen LogP contribution < -0.4 is 15.1 Å². The normalized spacial score (nSPS) is 14.3. The molecule has 0 spiro atoms. The number of H-pyrrole nitrogens is 1. The van der Waals surface area contributed by atoms with Gasteiger partial charge in [0.15, 0.2) is 5.13 Å². The predicted octanol–water partition coefficient (Wildman–Crippen LogP) is 3.86. The van der Waals surface area contributed by atoms with Gasteiger partial charge in [-0.15, -0.1) is 0 Å². The topological polar surface area (TPSA) is 73.5 Å². The van der Waals surface area contributed by atoms with E-state index in [9.17, 15) is 4.79 Å². The van der Waals surface area contributed by atoms with Crippen LogP contribution in [0.15, 0.2) is 42.6 Å². The van der Waals surface area contributed by atoms with Crippen LogP contribution >= 0.6 is 11.3 Å². The number of morpholine rings is 1. The van der Waals surface area contributed by atoms with Crippen molar-refractivity contribution in [2.75, 3.05) is 55.5 Å². The first-order chi connectivity index (χ1) is 15.1. The number of benzene rings is 2. The van der Waals surface area contributed by atoms with E-state index in [0.717, 1.165) is 58.7 Å². The molecule has 8 heteroatoms. The number of aromatic nitrogens is 2. The van der Waals surface area contributed by atoms with Crippen molar-refractivity contribution in [3.63, 3.8) is 0 Å². The Morgan fingerprint density at radius 1 is 1.23 bits per heavy atom. The first kappa shape index (κ1) is 19.8. The maximum absolute atomic E-state index is 12.7. The van der Waals surface area contributed by atoms with E-state index in [1.54, 1.807) is 0 Å². The molecule has 0 aliphatic carbocycles. The molecule has 0 radical (unpaired) electrons. The van der Waals surface area contributed by atoms with Crippen molar-refractivity contribution in [1.29, 1.82) is 0 Å². The third kappa shape index (κ3) is 4.08. The van der Waals surface area contributed by atoms with E-state index in [-0.39, 0.29) is 5.91 Å². The summed E-state index contributed by atoms with van der Waals surface area (Å²) in [7, 11) is 4.02. The Kier molecular flexibility index (Phi) is 5.25. The zero-order valence-electron chi connectivity index (χ0n) is 17.6. The molecule has 0 saturated carbocycles. The third-order valence-corrected chi connectivity index (χ3v) is 6.55. The zero-order chi connectivity index (χ0) is 21.4. The maximum atomic E-state index is 12.7. The van der Waals surface area contributed by atoms with E-state index in [2.05, 4.69) is 49.4 Å². The lowest BCUT2D eigenvalue weighted by atomic mass is 10.1. The van der Waals surface area contributed by atoms with Crippen molar-refractivity contribution in [2.24, 2.45) is 0 Å². The van der Waals surface area contributed by atoms with Crippen LogP contribution in [0.25, 0.3) is 21.1 Å². The number of thiazole rings is 1. The van der Waals surface area contributed by atoms with Crippen LogP contribution in [0.1, 0.15) is 5.56 Å². The van der Waals surface area contributed by atoms with Crippen molar-refractivity contribution in [1.82, 2.24) is 9.97 Å². The number of rotatable bonds is 5. The Hall–Kier alpha value is -3.10. The van der Waals surface area contributed by atoms with Gasteiger partial charge >= 0.3 is 0 Å². The second-order valence-electron chi connectivity index (χ2n) is 7.93. The van der Waals surface area contributed by atoms with Gasteiger partial charge in [0, 0.05) is 55.7 Å². The summed E-state index contributed by atoms with van der Waals surface area (Å²) in [6, 6.07) is 12.5. The Bertz CT molecular complexity index is 1240. The average Bonchev–Trinajstić information content (AvgIpc) is 3.36. The Morgan fingerprint density at radius 3 is 2.87 bits per heavy atom. The summed E-state index contributed by atoms with van der Waals surface area (Å²) < 4.78 is 6.51. The SMILES string of the molecule is CN(C)c1ccc2[nH]cc(CC(=O)Nc3nc4ccc(N5CCOCC5)cc4s3)c2c1. The lowest BCUT2D eigenvalue weighted by Gasteiger charge is -2.28.